The van der Waals surface area contributed by atoms with Crippen LogP contribution in [0.4, 0.5) is 0 Å². The molecule has 14 heavy (non-hydrogen) atoms. The zero-order valence-electron chi connectivity index (χ0n) is 8.20. The van der Waals surface area contributed by atoms with Crippen molar-refractivity contribution in [3.63, 3.8) is 0 Å². The van der Waals surface area contributed by atoms with Crippen molar-refractivity contribution in [1.29, 1.82) is 0 Å². The van der Waals surface area contributed by atoms with Crippen LogP contribution in [0.15, 0.2) is 17.0 Å². The van der Waals surface area contributed by atoms with E-state index in [-0.39, 0.29) is 0 Å². The third kappa shape index (κ3) is 2.89. The van der Waals surface area contributed by atoms with E-state index in [4.69, 9.17) is 0 Å². The molecule has 1 aromatic rings. The molecule has 0 radical (unpaired) electrons. The number of hydrogen-bond acceptors (Lipinski definition) is 4. The van der Waals surface area contributed by atoms with Crippen LogP contribution in [0.2, 0.25) is 0 Å². The van der Waals surface area contributed by atoms with Crippen molar-refractivity contribution < 1.29 is 0 Å². The van der Waals surface area contributed by atoms with E-state index in [2.05, 4.69) is 21.0 Å². The Labute approximate surface area is 88.4 Å². The molecule has 1 heterocycles. The number of hydrogen-bond donors (Lipinski definition) is 1. The van der Waals surface area contributed by atoms with Gasteiger partial charge in [-0.3, -0.25) is 0 Å². The number of rotatable bonds is 5. The molecule has 2 rings (SSSR count). The molecule has 1 N–H and O–H groups in total. The molecule has 4 heteroatoms. The van der Waals surface area contributed by atoms with Crippen molar-refractivity contribution in [2.24, 2.45) is 0 Å². The van der Waals surface area contributed by atoms with E-state index in [0.717, 1.165) is 18.8 Å². The average molecular weight is 209 g/mol. The standard InChI is InChI=1S/C10H15N3S/c1-2-4-9(3-1)5-6-11-7-10-8-14-13-12-10/h3,8,11H,1-2,4-7H2. The van der Waals surface area contributed by atoms with Crippen LogP contribution in [0, 0.1) is 0 Å². The third-order valence-corrected chi connectivity index (χ3v) is 3.02. The van der Waals surface area contributed by atoms with Crippen LogP contribution in [0.5, 0.6) is 0 Å². The summed E-state index contributed by atoms with van der Waals surface area (Å²) in [5.74, 6) is 0. The first-order valence-corrected chi connectivity index (χ1v) is 5.93. The summed E-state index contributed by atoms with van der Waals surface area (Å²) < 4.78 is 3.82. The molecule has 0 bridgehead atoms. The smallest absolute Gasteiger partial charge is 0.0893 e. The van der Waals surface area contributed by atoms with Crippen LogP contribution in [0.3, 0.4) is 0 Å². The molecule has 1 aliphatic rings. The summed E-state index contributed by atoms with van der Waals surface area (Å²) in [6.07, 6.45) is 7.51. The molecule has 0 spiro atoms. The highest BCUT2D eigenvalue weighted by Gasteiger charge is 2.03. The van der Waals surface area contributed by atoms with Gasteiger partial charge in [0.15, 0.2) is 0 Å². The average Bonchev–Trinajstić information content (AvgIpc) is 2.86. The molecule has 1 aliphatic carbocycles. The minimum absolute atomic E-state index is 0.851. The Morgan fingerprint density at radius 2 is 2.50 bits per heavy atom. The predicted molar refractivity (Wildman–Crippen MR) is 58.2 cm³/mol. The molecule has 3 nitrogen and oxygen atoms in total. The number of allylic oxidation sites excluding steroid dienone is 1. The van der Waals surface area contributed by atoms with Crippen LogP contribution in [-0.4, -0.2) is 16.1 Å². The van der Waals surface area contributed by atoms with Crippen LogP contribution < -0.4 is 5.32 Å². The highest BCUT2D eigenvalue weighted by Crippen LogP contribution is 2.19. The summed E-state index contributed by atoms with van der Waals surface area (Å²) in [4.78, 5) is 0. The Kier molecular flexibility index (Phi) is 3.65. The maximum absolute atomic E-state index is 3.98. The zero-order chi connectivity index (χ0) is 9.64. The van der Waals surface area contributed by atoms with Gasteiger partial charge in [0.2, 0.25) is 0 Å². The van der Waals surface area contributed by atoms with Crippen LogP contribution in [0.1, 0.15) is 31.4 Å². The molecule has 0 aromatic carbocycles. The molecular weight excluding hydrogens is 194 g/mol. The Morgan fingerprint density at radius 1 is 1.50 bits per heavy atom. The maximum Gasteiger partial charge on any atom is 0.0893 e. The molecule has 0 unspecified atom stereocenters. The van der Waals surface area contributed by atoms with E-state index in [0.29, 0.717) is 0 Å². The Hall–Kier alpha value is -0.740. The Bertz CT molecular complexity index is 292. The molecule has 0 fully saturated rings. The largest absolute Gasteiger partial charge is 0.311 e. The summed E-state index contributed by atoms with van der Waals surface area (Å²) in [6.45, 7) is 1.91. The van der Waals surface area contributed by atoms with Gasteiger partial charge in [0.05, 0.1) is 5.69 Å². The Balaban J connectivity index is 1.59. The Morgan fingerprint density at radius 3 is 3.21 bits per heavy atom. The number of nitrogens with zero attached hydrogens (tertiary/aromatic N) is 2. The van der Waals surface area contributed by atoms with E-state index in [9.17, 15) is 0 Å². The van der Waals surface area contributed by atoms with Crippen molar-refractivity contribution in [2.75, 3.05) is 6.54 Å². The van der Waals surface area contributed by atoms with Gasteiger partial charge in [-0.25, -0.2) is 0 Å². The molecule has 76 valence electrons. The fraction of sp³-hybridized carbons (Fsp3) is 0.600. The van der Waals surface area contributed by atoms with E-state index in [1.165, 1.54) is 37.2 Å². The minimum Gasteiger partial charge on any atom is -0.311 e. The van der Waals surface area contributed by atoms with Gasteiger partial charge in [0.25, 0.3) is 0 Å². The summed E-state index contributed by atoms with van der Waals surface area (Å²) in [6, 6.07) is 0. The van der Waals surface area contributed by atoms with Gasteiger partial charge in [0.1, 0.15) is 0 Å². The fourth-order valence-corrected chi connectivity index (χ4v) is 2.14. The van der Waals surface area contributed by atoms with E-state index < -0.39 is 0 Å². The van der Waals surface area contributed by atoms with E-state index in [1.807, 2.05) is 5.38 Å². The van der Waals surface area contributed by atoms with Crippen molar-refractivity contribution >= 4 is 11.5 Å². The van der Waals surface area contributed by atoms with Crippen LogP contribution in [-0.2, 0) is 6.54 Å². The normalized spacial score (nSPS) is 15.9. The summed E-state index contributed by atoms with van der Waals surface area (Å²) in [7, 11) is 0. The van der Waals surface area contributed by atoms with Gasteiger partial charge in [-0.1, -0.05) is 16.1 Å². The fourth-order valence-electron chi connectivity index (χ4n) is 1.69. The molecule has 0 aliphatic heterocycles. The predicted octanol–water partition coefficient (Wildman–Crippen LogP) is 2.13. The van der Waals surface area contributed by atoms with E-state index >= 15 is 0 Å². The second-order valence-electron chi connectivity index (χ2n) is 3.58. The topological polar surface area (TPSA) is 37.8 Å². The molecule has 1 aromatic heterocycles. The summed E-state index contributed by atoms with van der Waals surface area (Å²) in [5, 5.41) is 9.34. The lowest BCUT2D eigenvalue weighted by Gasteiger charge is -2.02. The first-order valence-electron chi connectivity index (χ1n) is 5.10. The van der Waals surface area contributed by atoms with Crippen molar-refractivity contribution in [2.45, 2.75) is 32.2 Å². The van der Waals surface area contributed by atoms with Crippen LogP contribution in [0.25, 0.3) is 0 Å². The lowest BCUT2D eigenvalue weighted by molar-refractivity contribution is 0.663. The van der Waals surface area contributed by atoms with Crippen molar-refractivity contribution in [3.05, 3.63) is 22.7 Å². The SMILES string of the molecule is C1=C(CCNCc2csnn2)CCC1. The third-order valence-electron chi connectivity index (χ3n) is 2.47. The lowest BCUT2D eigenvalue weighted by Crippen LogP contribution is -2.15. The lowest BCUT2D eigenvalue weighted by atomic mass is 10.2. The quantitative estimate of drug-likeness (QED) is 0.596. The number of nitrogens with one attached hydrogen (secondary N) is 1. The van der Waals surface area contributed by atoms with Gasteiger partial charge in [0, 0.05) is 11.9 Å². The molecular formula is C10H15N3S. The van der Waals surface area contributed by atoms with Crippen LogP contribution >= 0.6 is 11.5 Å². The molecule has 0 saturated carbocycles. The first kappa shape index (κ1) is 9.80. The molecule has 0 amide bonds. The monoisotopic (exact) mass is 209 g/mol. The summed E-state index contributed by atoms with van der Waals surface area (Å²) >= 11 is 1.41. The molecule has 0 atom stereocenters. The highest BCUT2D eigenvalue weighted by atomic mass is 32.1. The first-order chi connectivity index (χ1) is 6.95. The maximum atomic E-state index is 3.98. The summed E-state index contributed by atoms with van der Waals surface area (Å²) in [5.41, 5.74) is 2.67. The van der Waals surface area contributed by atoms with E-state index in [1.54, 1.807) is 5.57 Å². The second kappa shape index (κ2) is 5.22. The molecule has 0 saturated heterocycles. The van der Waals surface area contributed by atoms with Crippen molar-refractivity contribution in [1.82, 2.24) is 14.9 Å². The highest BCUT2D eigenvalue weighted by molar-refractivity contribution is 7.03. The van der Waals surface area contributed by atoms with Crippen molar-refractivity contribution in [3.8, 4) is 0 Å². The van der Waals surface area contributed by atoms with Gasteiger partial charge in [-0.2, -0.15) is 0 Å². The number of aromatic nitrogens is 2. The zero-order valence-corrected chi connectivity index (χ0v) is 9.02. The minimum atomic E-state index is 0.851. The van der Waals surface area contributed by atoms with Gasteiger partial charge in [-0.15, -0.1) is 5.10 Å². The van der Waals surface area contributed by atoms with Gasteiger partial charge in [-0.05, 0) is 43.8 Å². The second-order valence-corrected chi connectivity index (χ2v) is 4.19. The van der Waals surface area contributed by atoms with Gasteiger partial charge < -0.3 is 5.32 Å². The van der Waals surface area contributed by atoms with Gasteiger partial charge >= 0.3 is 0 Å².